The maximum atomic E-state index is 12.3. The Labute approximate surface area is 148 Å². The Morgan fingerprint density at radius 3 is 3.12 bits per heavy atom. The van der Waals surface area contributed by atoms with E-state index in [9.17, 15) is 4.79 Å². The van der Waals surface area contributed by atoms with Gasteiger partial charge < -0.3 is 15.4 Å². The second-order valence-electron chi connectivity index (χ2n) is 6.64. The number of hydrogen-bond acceptors (Lipinski definition) is 4. The number of hydrogen-bond donors (Lipinski definition) is 2. The Balaban J connectivity index is 1.49. The van der Waals surface area contributed by atoms with Gasteiger partial charge in [-0.05, 0) is 57.0 Å². The lowest BCUT2D eigenvalue weighted by Gasteiger charge is -2.22. The lowest BCUT2D eigenvalue weighted by atomic mass is 10.1. The van der Waals surface area contributed by atoms with Gasteiger partial charge in [0.2, 0.25) is 0 Å². The maximum absolute atomic E-state index is 12.3. The summed E-state index contributed by atoms with van der Waals surface area (Å²) < 4.78 is 7.73. The number of rotatable bonds is 6. The molecular weight excluding hydrogens is 316 g/mol. The van der Waals surface area contributed by atoms with Crippen molar-refractivity contribution < 1.29 is 9.53 Å². The van der Waals surface area contributed by atoms with E-state index in [0.717, 1.165) is 37.2 Å². The Kier molecular flexibility index (Phi) is 5.71. The molecule has 0 bridgehead atoms. The third kappa shape index (κ3) is 4.82. The van der Waals surface area contributed by atoms with Crippen LogP contribution in [0.4, 0.5) is 0 Å². The van der Waals surface area contributed by atoms with Crippen molar-refractivity contribution in [3.05, 3.63) is 47.8 Å². The van der Waals surface area contributed by atoms with Crippen LogP contribution in [0.15, 0.2) is 36.5 Å². The van der Waals surface area contributed by atoms with E-state index < -0.39 is 0 Å². The van der Waals surface area contributed by atoms with Gasteiger partial charge in [-0.15, -0.1) is 0 Å². The van der Waals surface area contributed by atoms with E-state index in [1.807, 2.05) is 49.0 Å². The summed E-state index contributed by atoms with van der Waals surface area (Å²) in [5.74, 6) is 0.651. The molecule has 1 amide bonds. The number of carbonyl (C=O) groups excluding carboxylic acids is 1. The predicted molar refractivity (Wildman–Crippen MR) is 97.0 cm³/mol. The second kappa shape index (κ2) is 8.16. The minimum atomic E-state index is -0.165. The molecule has 1 fully saturated rings. The zero-order valence-corrected chi connectivity index (χ0v) is 14.9. The lowest BCUT2D eigenvalue weighted by Crippen LogP contribution is -2.34. The van der Waals surface area contributed by atoms with Gasteiger partial charge in [0.25, 0.3) is 5.91 Å². The highest BCUT2D eigenvalue weighted by molar-refractivity contribution is 5.92. The summed E-state index contributed by atoms with van der Waals surface area (Å²) in [6.07, 6.45) is 4.01. The average Bonchev–Trinajstić information content (AvgIpc) is 3.11. The molecule has 0 radical (unpaired) electrons. The fourth-order valence-corrected chi connectivity index (χ4v) is 3.01. The monoisotopic (exact) mass is 342 g/mol. The molecule has 2 aromatic rings. The normalized spacial score (nSPS) is 18.6. The number of carbonyl (C=O) groups is 1. The van der Waals surface area contributed by atoms with E-state index in [0.29, 0.717) is 18.3 Å². The minimum Gasteiger partial charge on any atom is -0.489 e. The number of nitrogens with zero attached hydrogens (tertiary/aromatic N) is 2. The zero-order valence-electron chi connectivity index (χ0n) is 14.9. The molecule has 2 N–H and O–H groups in total. The molecule has 1 aliphatic rings. The molecule has 6 heteroatoms. The molecule has 2 unspecified atom stereocenters. The summed E-state index contributed by atoms with van der Waals surface area (Å²) in [6.45, 7) is 6.37. The number of aryl methyl sites for hydroxylation is 1. The van der Waals surface area contributed by atoms with Crippen molar-refractivity contribution in [1.82, 2.24) is 20.4 Å². The standard InChI is InChI=1S/C19H26N4O2/c1-14-5-3-7-17(11-14)25-15(2)12-21-19(24)18-8-10-23(22-18)16-6-4-9-20-13-16/h3,5,7-8,10-11,15-16,20H,4,6,9,12-13H2,1-2H3,(H,21,24). The summed E-state index contributed by atoms with van der Waals surface area (Å²) in [5, 5.41) is 10.7. The number of nitrogens with one attached hydrogen (secondary N) is 2. The molecule has 0 saturated carbocycles. The van der Waals surface area contributed by atoms with E-state index >= 15 is 0 Å². The van der Waals surface area contributed by atoms with Crippen LogP contribution in [0.3, 0.4) is 0 Å². The Hall–Kier alpha value is -2.34. The van der Waals surface area contributed by atoms with Crippen LogP contribution in [0.25, 0.3) is 0 Å². The zero-order chi connectivity index (χ0) is 17.6. The quantitative estimate of drug-likeness (QED) is 0.845. The topological polar surface area (TPSA) is 68.2 Å². The molecule has 3 rings (SSSR count). The fraction of sp³-hybridized carbons (Fsp3) is 0.474. The number of ether oxygens (including phenoxy) is 1. The van der Waals surface area contributed by atoms with Gasteiger partial charge in [-0.3, -0.25) is 9.48 Å². The highest BCUT2D eigenvalue weighted by Crippen LogP contribution is 2.16. The maximum Gasteiger partial charge on any atom is 0.271 e. The average molecular weight is 342 g/mol. The lowest BCUT2D eigenvalue weighted by molar-refractivity contribution is 0.0926. The predicted octanol–water partition coefficient (Wildman–Crippen LogP) is 2.31. The molecule has 2 heterocycles. The van der Waals surface area contributed by atoms with Gasteiger partial charge in [0, 0.05) is 12.7 Å². The van der Waals surface area contributed by atoms with Gasteiger partial charge in [0.1, 0.15) is 17.5 Å². The van der Waals surface area contributed by atoms with E-state index in [1.165, 1.54) is 0 Å². The molecule has 0 aliphatic carbocycles. The Morgan fingerprint density at radius 2 is 2.36 bits per heavy atom. The summed E-state index contributed by atoms with van der Waals surface area (Å²) in [7, 11) is 0. The van der Waals surface area contributed by atoms with Crippen molar-refractivity contribution in [2.75, 3.05) is 19.6 Å². The Bertz CT molecular complexity index is 707. The van der Waals surface area contributed by atoms with Gasteiger partial charge in [0.15, 0.2) is 0 Å². The molecule has 25 heavy (non-hydrogen) atoms. The third-order valence-corrected chi connectivity index (χ3v) is 4.36. The van der Waals surface area contributed by atoms with Crippen LogP contribution in [0.5, 0.6) is 5.75 Å². The first-order valence-electron chi connectivity index (χ1n) is 8.89. The van der Waals surface area contributed by atoms with Crippen molar-refractivity contribution in [3.63, 3.8) is 0 Å². The van der Waals surface area contributed by atoms with Crippen molar-refractivity contribution in [2.24, 2.45) is 0 Å². The fourth-order valence-electron chi connectivity index (χ4n) is 3.01. The first-order valence-corrected chi connectivity index (χ1v) is 8.89. The van der Waals surface area contributed by atoms with Crippen molar-refractivity contribution in [2.45, 2.75) is 38.8 Å². The smallest absolute Gasteiger partial charge is 0.271 e. The molecule has 1 aromatic heterocycles. The molecule has 0 spiro atoms. The van der Waals surface area contributed by atoms with Crippen LogP contribution in [-0.4, -0.2) is 41.4 Å². The molecule has 2 atom stereocenters. The third-order valence-electron chi connectivity index (χ3n) is 4.36. The SMILES string of the molecule is Cc1cccc(OC(C)CNC(=O)c2ccn(C3CCCNC3)n2)c1. The molecule has 1 saturated heterocycles. The van der Waals surface area contributed by atoms with Crippen molar-refractivity contribution >= 4 is 5.91 Å². The molecule has 6 nitrogen and oxygen atoms in total. The second-order valence-corrected chi connectivity index (χ2v) is 6.64. The molecule has 1 aliphatic heterocycles. The highest BCUT2D eigenvalue weighted by Gasteiger charge is 2.18. The Morgan fingerprint density at radius 1 is 1.48 bits per heavy atom. The van der Waals surface area contributed by atoms with Crippen LogP contribution in [-0.2, 0) is 0 Å². The van der Waals surface area contributed by atoms with Gasteiger partial charge in [-0.25, -0.2) is 0 Å². The van der Waals surface area contributed by atoms with Crippen LogP contribution in [0.2, 0.25) is 0 Å². The summed E-state index contributed by atoms with van der Waals surface area (Å²) in [6, 6.07) is 10.00. The van der Waals surface area contributed by atoms with Crippen LogP contribution in [0.1, 0.15) is 41.9 Å². The highest BCUT2D eigenvalue weighted by atomic mass is 16.5. The van der Waals surface area contributed by atoms with E-state index in [1.54, 1.807) is 6.07 Å². The van der Waals surface area contributed by atoms with Gasteiger partial charge in [-0.2, -0.15) is 5.10 Å². The number of benzene rings is 1. The van der Waals surface area contributed by atoms with Crippen LogP contribution in [0, 0.1) is 6.92 Å². The molecule has 134 valence electrons. The van der Waals surface area contributed by atoms with Gasteiger partial charge in [-0.1, -0.05) is 12.1 Å². The minimum absolute atomic E-state index is 0.115. The number of amides is 1. The van der Waals surface area contributed by atoms with Crippen LogP contribution < -0.4 is 15.4 Å². The summed E-state index contributed by atoms with van der Waals surface area (Å²) in [4.78, 5) is 12.3. The number of aromatic nitrogens is 2. The molecular formula is C19H26N4O2. The summed E-state index contributed by atoms with van der Waals surface area (Å²) in [5.41, 5.74) is 1.60. The van der Waals surface area contributed by atoms with Crippen LogP contribution >= 0.6 is 0 Å². The van der Waals surface area contributed by atoms with Crippen molar-refractivity contribution in [1.29, 1.82) is 0 Å². The summed E-state index contributed by atoms with van der Waals surface area (Å²) >= 11 is 0. The van der Waals surface area contributed by atoms with Gasteiger partial charge >= 0.3 is 0 Å². The van der Waals surface area contributed by atoms with E-state index in [-0.39, 0.29) is 12.0 Å². The largest absolute Gasteiger partial charge is 0.489 e. The van der Waals surface area contributed by atoms with E-state index in [4.69, 9.17) is 4.74 Å². The van der Waals surface area contributed by atoms with Gasteiger partial charge in [0.05, 0.1) is 12.6 Å². The first kappa shape index (κ1) is 17.5. The van der Waals surface area contributed by atoms with E-state index in [2.05, 4.69) is 15.7 Å². The first-order chi connectivity index (χ1) is 12.1. The number of piperidine rings is 1. The molecule has 1 aromatic carbocycles. The van der Waals surface area contributed by atoms with Crippen molar-refractivity contribution in [3.8, 4) is 5.75 Å².